The summed E-state index contributed by atoms with van der Waals surface area (Å²) in [5.41, 5.74) is 5.20. The lowest BCUT2D eigenvalue weighted by molar-refractivity contribution is 0.0733. The maximum absolute atomic E-state index is 12.8. The quantitative estimate of drug-likeness (QED) is 0.137. The predicted octanol–water partition coefficient (Wildman–Crippen LogP) is 7.14. The van der Waals surface area contributed by atoms with Crippen LogP contribution in [0.15, 0.2) is 79.6 Å². The summed E-state index contributed by atoms with van der Waals surface area (Å²) < 4.78 is 16.8. The van der Waals surface area contributed by atoms with Crippen LogP contribution in [0.1, 0.15) is 60.0 Å². The van der Waals surface area contributed by atoms with Crippen LogP contribution in [0.3, 0.4) is 0 Å². The first-order valence-electron chi connectivity index (χ1n) is 11.6. The normalized spacial score (nSPS) is 13.7. The van der Waals surface area contributed by atoms with E-state index in [1.54, 1.807) is 12.1 Å². The molecule has 4 rings (SSSR count). The number of benzene rings is 3. The van der Waals surface area contributed by atoms with Crippen molar-refractivity contribution in [2.45, 2.75) is 38.5 Å². The first kappa shape index (κ1) is 22.7. The maximum atomic E-state index is 12.8. The number of fused-ring (bicyclic) bond motifs is 3. The number of carbonyl (C=O) groups is 1. The minimum atomic E-state index is -0.361. The molecular weight excluding hydrogens is 412 g/mol. The van der Waals surface area contributed by atoms with Gasteiger partial charge in [0.2, 0.25) is 0 Å². The molecule has 0 amide bonds. The summed E-state index contributed by atoms with van der Waals surface area (Å²) in [6, 6.07) is 21.4. The summed E-state index contributed by atoms with van der Waals surface area (Å²) in [6.45, 7) is 7.06. The first-order valence-corrected chi connectivity index (χ1v) is 11.6. The highest BCUT2D eigenvalue weighted by Gasteiger charge is 2.29. The Labute approximate surface area is 195 Å². The molecule has 1 aliphatic carbocycles. The Bertz CT molecular complexity index is 1100. The third-order valence-corrected chi connectivity index (χ3v) is 6.05. The standard InChI is InChI=1S/C29H30O4/c1-3-31-19-8-4-5-9-20-32-23-17-15-22(16-18-23)29(30)33-27-14-10-13-26-25-12-7-6-11-24(25)21(2)28(26)27/h3,6-7,10-18,21H,1,4-5,8-9,19-20H2,2H3. The fraction of sp³-hybridized carbons (Fsp3) is 0.276. The third-order valence-electron chi connectivity index (χ3n) is 6.05. The predicted molar refractivity (Wildman–Crippen MR) is 131 cm³/mol. The second-order valence-corrected chi connectivity index (χ2v) is 8.24. The van der Waals surface area contributed by atoms with Crippen LogP contribution in [0, 0.1) is 0 Å². The van der Waals surface area contributed by atoms with Gasteiger partial charge in [0.25, 0.3) is 0 Å². The molecule has 3 aromatic carbocycles. The van der Waals surface area contributed by atoms with Crippen molar-refractivity contribution in [2.75, 3.05) is 13.2 Å². The third kappa shape index (κ3) is 5.28. The molecule has 3 aromatic rings. The van der Waals surface area contributed by atoms with Gasteiger partial charge in [-0.25, -0.2) is 4.79 Å². The number of rotatable bonds is 11. The van der Waals surface area contributed by atoms with Crippen LogP contribution in [-0.4, -0.2) is 19.2 Å². The van der Waals surface area contributed by atoms with E-state index in [2.05, 4.69) is 37.8 Å². The fourth-order valence-corrected chi connectivity index (χ4v) is 4.35. The molecule has 0 aromatic heterocycles. The molecule has 1 aliphatic rings. The molecule has 0 saturated carbocycles. The first-order chi connectivity index (χ1) is 16.2. The summed E-state index contributed by atoms with van der Waals surface area (Å²) in [6.07, 6.45) is 5.69. The van der Waals surface area contributed by atoms with Gasteiger partial charge >= 0.3 is 5.97 Å². The van der Waals surface area contributed by atoms with Crippen molar-refractivity contribution in [1.82, 2.24) is 0 Å². The maximum Gasteiger partial charge on any atom is 0.343 e. The van der Waals surface area contributed by atoms with Crippen LogP contribution in [0.25, 0.3) is 11.1 Å². The highest BCUT2D eigenvalue weighted by atomic mass is 16.5. The molecule has 4 heteroatoms. The summed E-state index contributed by atoms with van der Waals surface area (Å²) in [4.78, 5) is 12.8. The lowest BCUT2D eigenvalue weighted by Gasteiger charge is -2.13. The van der Waals surface area contributed by atoms with Gasteiger partial charge in [-0.2, -0.15) is 0 Å². The van der Waals surface area contributed by atoms with Gasteiger partial charge in [0.1, 0.15) is 11.5 Å². The molecule has 0 bridgehead atoms. The number of hydrogen-bond acceptors (Lipinski definition) is 4. The fourth-order valence-electron chi connectivity index (χ4n) is 4.35. The molecule has 1 unspecified atom stereocenters. The molecule has 33 heavy (non-hydrogen) atoms. The molecule has 1 atom stereocenters. The van der Waals surface area contributed by atoms with Crippen molar-refractivity contribution in [1.29, 1.82) is 0 Å². The summed E-state index contributed by atoms with van der Waals surface area (Å²) in [5.74, 6) is 1.21. The van der Waals surface area contributed by atoms with E-state index in [0.717, 1.165) is 49.2 Å². The lowest BCUT2D eigenvalue weighted by atomic mass is 9.98. The van der Waals surface area contributed by atoms with Gasteiger partial charge in [-0.3, -0.25) is 0 Å². The topological polar surface area (TPSA) is 44.8 Å². The van der Waals surface area contributed by atoms with Crippen LogP contribution in [-0.2, 0) is 4.74 Å². The van der Waals surface area contributed by atoms with Crippen molar-refractivity contribution in [3.63, 3.8) is 0 Å². The van der Waals surface area contributed by atoms with Crippen molar-refractivity contribution in [3.8, 4) is 22.6 Å². The highest BCUT2D eigenvalue weighted by Crippen LogP contribution is 2.48. The zero-order valence-corrected chi connectivity index (χ0v) is 19.1. The number of ether oxygens (including phenoxy) is 3. The monoisotopic (exact) mass is 442 g/mol. The smallest absolute Gasteiger partial charge is 0.343 e. The van der Waals surface area contributed by atoms with E-state index in [-0.39, 0.29) is 11.9 Å². The Kier molecular flexibility index (Phi) is 7.46. The largest absolute Gasteiger partial charge is 0.502 e. The number of carbonyl (C=O) groups excluding carboxylic acids is 1. The second-order valence-electron chi connectivity index (χ2n) is 8.24. The minimum Gasteiger partial charge on any atom is -0.502 e. The zero-order chi connectivity index (χ0) is 23.0. The number of unbranched alkanes of at least 4 members (excludes halogenated alkanes) is 3. The van der Waals surface area contributed by atoms with E-state index in [9.17, 15) is 4.79 Å². The van der Waals surface area contributed by atoms with Crippen LogP contribution < -0.4 is 9.47 Å². The molecule has 0 N–H and O–H groups in total. The Balaban J connectivity index is 1.32. The average Bonchev–Trinajstić information content (AvgIpc) is 3.14. The molecule has 0 saturated heterocycles. The Morgan fingerprint density at radius 3 is 2.39 bits per heavy atom. The van der Waals surface area contributed by atoms with Crippen LogP contribution in [0.2, 0.25) is 0 Å². The van der Waals surface area contributed by atoms with Gasteiger partial charge < -0.3 is 14.2 Å². The zero-order valence-electron chi connectivity index (χ0n) is 19.1. The van der Waals surface area contributed by atoms with E-state index in [1.165, 1.54) is 17.4 Å². The molecule has 0 aliphatic heterocycles. The van der Waals surface area contributed by atoms with Crippen molar-refractivity contribution in [3.05, 3.63) is 96.3 Å². The van der Waals surface area contributed by atoms with E-state index in [0.29, 0.717) is 17.9 Å². The molecule has 0 spiro atoms. The lowest BCUT2D eigenvalue weighted by Crippen LogP contribution is -2.10. The number of esters is 1. The van der Waals surface area contributed by atoms with E-state index >= 15 is 0 Å². The van der Waals surface area contributed by atoms with E-state index in [1.807, 2.05) is 30.3 Å². The Morgan fingerprint density at radius 2 is 1.61 bits per heavy atom. The van der Waals surface area contributed by atoms with E-state index < -0.39 is 0 Å². The summed E-state index contributed by atoms with van der Waals surface area (Å²) >= 11 is 0. The Morgan fingerprint density at radius 1 is 0.879 bits per heavy atom. The molecule has 4 nitrogen and oxygen atoms in total. The van der Waals surface area contributed by atoms with Gasteiger partial charge in [-0.15, -0.1) is 0 Å². The van der Waals surface area contributed by atoms with Crippen LogP contribution in [0.4, 0.5) is 0 Å². The van der Waals surface area contributed by atoms with Crippen LogP contribution in [0.5, 0.6) is 11.5 Å². The number of hydrogen-bond donors (Lipinski definition) is 0. The van der Waals surface area contributed by atoms with E-state index in [4.69, 9.17) is 14.2 Å². The summed E-state index contributed by atoms with van der Waals surface area (Å²) in [5, 5.41) is 0. The van der Waals surface area contributed by atoms with Gasteiger partial charge in [-0.05, 0) is 72.7 Å². The SMILES string of the molecule is C=COCCCCCCOc1ccc(C(=O)Oc2cccc3c2C(C)c2ccccc2-3)cc1. The Hall–Kier alpha value is -3.53. The average molecular weight is 443 g/mol. The summed E-state index contributed by atoms with van der Waals surface area (Å²) in [7, 11) is 0. The van der Waals surface area contributed by atoms with Crippen molar-refractivity contribution >= 4 is 5.97 Å². The molecule has 170 valence electrons. The van der Waals surface area contributed by atoms with Gasteiger partial charge in [0, 0.05) is 11.5 Å². The molecule has 0 fully saturated rings. The highest BCUT2D eigenvalue weighted by molar-refractivity contribution is 5.92. The van der Waals surface area contributed by atoms with Gasteiger partial charge in [0.05, 0.1) is 25.0 Å². The van der Waals surface area contributed by atoms with Gasteiger partial charge in [0.15, 0.2) is 0 Å². The van der Waals surface area contributed by atoms with Crippen molar-refractivity contribution in [2.24, 2.45) is 0 Å². The second kappa shape index (κ2) is 10.9. The van der Waals surface area contributed by atoms with Gasteiger partial charge in [-0.1, -0.05) is 49.9 Å². The molecule has 0 heterocycles. The minimum absolute atomic E-state index is 0.186. The molecule has 0 radical (unpaired) electrons. The van der Waals surface area contributed by atoms with Crippen molar-refractivity contribution < 1.29 is 19.0 Å². The molecular formula is C29H30O4. The van der Waals surface area contributed by atoms with Crippen LogP contribution >= 0.6 is 0 Å².